The van der Waals surface area contributed by atoms with Crippen LogP contribution < -0.4 is 5.32 Å². The van der Waals surface area contributed by atoms with Crippen molar-refractivity contribution >= 4 is 0 Å². The minimum Gasteiger partial charge on any atom is -0.336 e. The van der Waals surface area contributed by atoms with Crippen molar-refractivity contribution in [1.29, 1.82) is 0 Å². The van der Waals surface area contributed by atoms with Gasteiger partial charge in [-0.1, -0.05) is 34.1 Å². The monoisotopic (exact) mass is 249 g/mol. The summed E-state index contributed by atoms with van der Waals surface area (Å²) in [7, 11) is 0. The minimum absolute atomic E-state index is 0.270. The lowest BCUT2D eigenvalue weighted by atomic mass is 9.85. The third kappa shape index (κ3) is 3.35. The van der Waals surface area contributed by atoms with Gasteiger partial charge >= 0.3 is 0 Å². The maximum absolute atomic E-state index is 4.14. The zero-order valence-electron chi connectivity index (χ0n) is 12.2. The van der Waals surface area contributed by atoms with E-state index in [1.165, 1.54) is 19.3 Å². The van der Waals surface area contributed by atoms with E-state index in [0.29, 0.717) is 12.1 Å². The van der Waals surface area contributed by atoms with Crippen LogP contribution in [0, 0.1) is 11.3 Å². The Morgan fingerprint density at radius 3 is 2.67 bits per heavy atom. The number of rotatable bonds is 4. The highest BCUT2D eigenvalue weighted by Crippen LogP contribution is 2.28. The van der Waals surface area contributed by atoms with E-state index in [9.17, 15) is 0 Å². The molecule has 1 aliphatic rings. The largest absolute Gasteiger partial charge is 0.336 e. The van der Waals surface area contributed by atoms with Crippen molar-refractivity contribution in [2.75, 3.05) is 0 Å². The second kappa shape index (κ2) is 5.43. The Labute approximate surface area is 111 Å². The Kier molecular flexibility index (Phi) is 4.10. The highest BCUT2D eigenvalue weighted by Gasteiger charge is 2.31. The Bertz CT molecular complexity index is 350. The highest BCUT2D eigenvalue weighted by molar-refractivity contribution is 4.90. The van der Waals surface area contributed by atoms with E-state index < -0.39 is 0 Å². The molecule has 0 radical (unpaired) electrons. The third-order valence-corrected chi connectivity index (χ3v) is 4.27. The van der Waals surface area contributed by atoms with Crippen molar-refractivity contribution in [3.05, 3.63) is 18.7 Å². The molecule has 1 heterocycles. The van der Waals surface area contributed by atoms with Gasteiger partial charge in [0, 0.05) is 31.0 Å². The fourth-order valence-electron chi connectivity index (χ4n) is 2.83. The molecule has 3 heteroatoms. The van der Waals surface area contributed by atoms with Gasteiger partial charge in [-0.05, 0) is 24.2 Å². The first-order chi connectivity index (χ1) is 8.47. The van der Waals surface area contributed by atoms with E-state index in [-0.39, 0.29) is 5.41 Å². The molecule has 3 atom stereocenters. The standard InChI is InChI=1S/C15H27N3/c1-12-6-5-7-13(12)17-14(15(2,3)4)10-18-9-8-16-11-18/h8-9,11-14,17H,5-7,10H2,1-4H3. The van der Waals surface area contributed by atoms with Gasteiger partial charge in [0.25, 0.3) is 0 Å². The normalized spacial score (nSPS) is 26.4. The molecular weight excluding hydrogens is 222 g/mol. The smallest absolute Gasteiger partial charge is 0.0946 e. The van der Waals surface area contributed by atoms with Crippen LogP contribution in [0.1, 0.15) is 47.0 Å². The zero-order chi connectivity index (χ0) is 13.2. The summed E-state index contributed by atoms with van der Waals surface area (Å²) in [6.45, 7) is 10.3. The molecule has 2 rings (SSSR count). The Morgan fingerprint density at radius 1 is 1.39 bits per heavy atom. The number of imidazole rings is 1. The van der Waals surface area contributed by atoms with Crippen LogP contribution in [0.15, 0.2) is 18.7 Å². The highest BCUT2D eigenvalue weighted by atomic mass is 15.1. The molecule has 102 valence electrons. The summed E-state index contributed by atoms with van der Waals surface area (Å²) < 4.78 is 2.18. The maximum Gasteiger partial charge on any atom is 0.0946 e. The van der Waals surface area contributed by atoms with Gasteiger partial charge in [-0.2, -0.15) is 0 Å². The second-order valence-electron chi connectivity index (χ2n) is 6.86. The maximum atomic E-state index is 4.14. The Hall–Kier alpha value is -0.830. The molecule has 1 aromatic heterocycles. The lowest BCUT2D eigenvalue weighted by Crippen LogP contribution is -2.49. The molecule has 0 bridgehead atoms. The van der Waals surface area contributed by atoms with E-state index >= 15 is 0 Å². The van der Waals surface area contributed by atoms with Gasteiger partial charge in [0.1, 0.15) is 0 Å². The van der Waals surface area contributed by atoms with Crippen LogP contribution in [0.5, 0.6) is 0 Å². The number of nitrogens with one attached hydrogen (secondary N) is 1. The number of aromatic nitrogens is 2. The van der Waals surface area contributed by atoms with Crippen molar-refractivity contribution in [3.8, 4) is 0 Å². The number of nitrogens with zero attached hydrogens (tertiary/aromatic N) is 2. The van der Waals surface area contributed by atoms with Gasteiger partial charge in [0.15, 0.2) is 0 Å². The third-order valence-electron chi connectivity index (χ3n) is 4.27. The van der Waals surface area contributed by atoms with E-state index in [1.807, 2.05) is 12.5 Å². The predicted octanol–water partition coefficient (Wildman–Crippen LogP) is 3.08. The Balaban J connectivity index is 2.01. The van der Waals surface area contributed by atoms with Gasteiger partial charge in [0.05, 0.1) is 6.33 Å². The van der Waals surface area contributed by atoms with Crippen molar-refractivity contribution in [2.24, 2.45) is 11.3 Å². The molecule has 1 saturated carbocycles. The van der Waals surface area contributed by atoms with Crippen molar-refractivity contribution < 1.29 is 0 Å². The van der Waals surface area contributed by atoms with Crippen LogP contribution in [-0.2, 0) is 6.54 Å². The summed E-state index contributed by atoms with van der Waals surface area (Å²) in [5.41, 5.74) is 0.270. The summed E-state index contributed by atoms with van der Waals surface area (Å²) in [4.78, 5) is 4.14. The topological polar surface area (TPSA) is 29.9 Å². The van der Waals surface area contributed by atoms with Crippen molar-refractivity contribution in [2.45, 2.75) is 65.6 Å². The molecule has 3 nitrogen and oxygen atoms in total. The zero-order valence-corrected chi connectivity index (χ0v) is 12.2. The number of hydrogen-bond acceptors (Lipinski definition) is 2. The SMILES string of the molecule is CC1CCCC1NC(Cn1ccnc1)C(C)(C)C. The summed E-state index contributed by atoms with van der Waals surface area (Å²) in [6, 6.07) is 1.19. The molecule has 0 aromatic carbocycles. The van der Waals surface area contributed by atoms with Gasteiger partial charge in [-0.25, -0.2) is 4.98 Å². The van der Waals surface area contributed by atoms with Crippen LogP contribution in [-0.4, -0.2) is 21.6 Å². The second-order valence-corrected chi connectivity index (χ2v) is 6.86. The fraction of sp³-hybridized carbons (Fsp3) is 0.800. The molecule has 1 aromatic rings. The minimum atomic E-state index is 0.270. The predicted molar refractivity (Wildman–Crippen MR) is 75.4 cm³/mol. The summed E-state index contributed by atoms with van der Waals surface area (Å²) >= 11 is 0. The van der Waals surface area contributed by atoms with Crippen LogP contribution in [0.3, 0.4) is 0 Å². The average Bonchev–Trinajstić information content (AvgIpc) is 2.89. The summed E-state index contributed by atoms with van der Waals surface area (Å²) in [6.07, 6.45) is 9.91. The van der Waals surface area contributed by atoms with E-state index in [2.05, 4.69) is 48.8 Å². The van der Waals surface area contributed by atoms with Gasteiger partial charge in [-0.15, -0.1) is 0 Å². The summed E-state index contributed by atoms with van der Waals surface area (Å²) in [5.74, 6) is 0.817. The first kappa shape index (κ1) is 13.6. The lowest BCUT2D eigenvalue weighted by molar-refractivity contribution is 0.209. The summed E-state index contributed by atoms with van der Waals surface area (Å²) in [5, 5.41) is 3.90. The average molecular weight is 249 g/mol. The van der Waals surface area contributed by atoms with Crippen LogP contribution in [0.25, 0.3) is 0 Å². The fourth-order valence-corrected chi connectivity index (χ4v) is 2.83. The molecule has 0 spiro atoms. The van der Waals surface area contributed by atoms with E-state index in [0.717, 1.165) is 12.5 Å². The van der Waals surface area contributed by atoms with Crippen LogP contribution in [0.4, 0.5) is 0 Å². The van der Waals surface area contributed by atoms with Gasteiger partial charge < -0.3 is 9.88 Å². The van der Waals surface area contributed by atoms with Gasteiger partial charge in [0.2, 0.25) is 0 Å². The molecule has 1 fully saturated rings. The van der Waals surface area contributed by atoms with E-state index in [1.54, 1.807) is 0 Å². The first-order valence-corrected chi connectivity index (χ1v) is 7.18. The molecule has 3 unspecified atom stereocenters. The van der Waals surface area contributed by atoms with Gasteiger partial charge in [-0.3, -0.25) is 0 Å². The molecule has 1 aliphatic carbocycles. The Morgan fingerprint density at radius 2 is 2.17 bits per heavy atom. The molecule has 18 heavy (non-hydrogen) atoms. The molecule has 0 amide bonds. The molecule has 0 aliphatic heterocycles. The quantitative estimate of drug-likeness (QED) is 0.888. The molecule has 1 N–H and O–H groups in total. The molecule has 0 saturated heterocycles. The van der Waals surface area contributed by atoms with Crippen molar-refractivity contribution in [3.63, 3.8) is 0 Å². The number of hydrogen-bond donors (Lipinski definition) is 1. The lowest BCUT2D eigenvalue weighted by Gasteiger charge is -2.35. The van der Waals surface area contributed by atoms with Crippen molar-refractivity contribution in [1.82, 2.24) is 14.9 Å². The van der Waals surface area contributed by atoms with E-state index in [4.69, 9.17) is 0 Å². The van der Waals surface area contributed by atoms with Crippen LogP contribution >= 0.6 is 0 Å². The van der Waals surface area contributed by atoms with Crippen LogP contribution in [0.2, 0.25) is 0 Å². The first-order valence-electron chi connectivity index (χ1n) is 7.18. The molecular formula is C15H27N3.